The van der Waals surface area contributed by atoms with Crippen molar-refractivity contribution in [2.45, 2.75) is 38.8 Å². The number of amides is 1. The maximum Gasteiger partial charge on any atom is 0.307 e. The van der Waals surface area contributed by atoms with Gasteiger partial charge in [-0.05, 0) is 35.9 Å². The lowest BCUT2D eigenvalue weighted by molar-refractivity contribution is -0.159. The van der Waals surface area contributed by atoms with Gasteiger partial charge in [0, 0.05) is 19.5 Å². The summed E-state index contributed by atoms with van der Waals surface area (Å²) in [6, 6.07) is 11.6. The number of thiophene rings is 1. The Hall–Kier alpha value is -2.47. The van der Waals surface area contributed by atoms with Gasteiger partial charge in [-0.15, -0.1) is 11.3 Å². The first-order valence-corrected chi connectivity index (χ1v) is 9.54. The van der Waals surface area contributed by atoms with Crippen LogP contribution in [0.15, 0.2) is 41.8 Å². The molecule has 0 saturated heterocycles. The normalized spacial score (nSPS) is 14.4. The molecule has 2 aromatic rings. The van der Waals surface area contributed by atoms with Crippen LogP contribution in [0.3, 0.4) is 0 Å². The lowest BCUT2D eigenvalue weighted by atomic mass is 9.99. The van der Waals surface area contributed by atoms with Crippen molar-refractivity contribution in [1.29, 1.82) is 0 Å². The van der Waals surface area contributed by atoms with Crippen LogP contribution < -0.4 is 0 Å². The molecule has 0 saturated carbocycles. The van der Waals surface area contributed by atoms with E-state index in [0.717, 1.165) is 12.0 Å². The third-order valence-electron chi connectivity index (χ3n) is 4.45. The molecule has 26 heavy (non-hydrogen) atoms. The third kappa shape index (κ3) is 4.38. The van der Waals surface area contributed by atoms with Crippen LogP contribution in [0.2, 0.25) is 0 Å². The second-order valence-electron chi connectivity index (χ2n) is 6.31. The second kappa shape index (κ2) is 8.27. The van der Waals surface area contributed by atoms with Crippen molar-refractivity contribution in [2.24, 2.45) is 0 Å². The molecule has 1 atom stereocenters. The first kappa shape index (κ1) is 18.3. The molecule has 0 radical (unpaired) electrons. The molecule has 2 heterocycles. The van der Waals surface area contributed by atoms with Crippen molar-refractivity contribution >= 4 is 29.0 Å². The average Bonchev–Trinajstić information content (AvgIpc) is 3.20. The first-order chi connectivity index (χ1) is 12.5. The Labute approximate surface area is 156 Å². The summed E-state index contributed by atoms with van der Waals surface area (Å²) in [5.74, 6) is -0.797. The smallest absolute Gasteiger partial charge is 0.307 e. The van der Waals surface area contributed by atoms with Gasteiger partial charge in [-0.25, -0.2) is 0 Å². The van der Waals surface area contributed by atoms with Crippen LogP contribution in [0.4, 0.5) is 0 Å². The van der Waals surface area contributed by atoms with Crippen molar-refractivity contribution in [3.63, 3.8) is 0 Å². The molecule has 0 unspecified atom stereocenters. The molecular weight excluding hydrogens is 350 g/mol. The Bertz CT molecular complexity index is 800. The number of esters is 1. The van der Waals surface area contributed by atoms with E-state index < -0.39 is 12.1 Å². The molecular formula is C20H21NO4S. The number of rotatable bonds is 6. The van der Waals surface area contributed by atoms with Crippen LogP contribution in [0.25, 0.3) is 0 Å². The Kier molecular flexibility index (Phi) is 5.83. The van der Waals surface area contributed by atoms with Gasteiger partial charge in [0.1, 0.15) is 0 Å². The van der Waals surface area contributed by atoms with E-state index in [1.165, 1.54) is 16.9 Å². The molecule has 0 N–H and O–H groups in total. The molecule has 136 valence electrons. The van der Waals surface area contributed by atoms with Crippen molar-refractivity contribution in [3.8, 4) is 0 Å². The summed E-state index contributed by atoms with van der Waals surface area (Å²) in [5, 5.41) is 1.82. The number of ketones is 1. The van der Waals surface area contributed by atoms with E-state index in [-0.39, 0.29) is 24.5 Å². The van der Waals surface area contributed by atoms with Gasteiger partial charge in [-0.3, -0.25) is 14.4 Å². The molecule has 0 bridgehead atoms. The molecule has 0 spiro atoms. The highest BCUT2D eigenvalue weighted by atomic mass is 32.1. The maximum absolute atomic E-state index is 12.6. The van der Waals surface area contributed by atoms with Crippen LogP contribution in [-0.2, 0) is 27.3 Å². The summed E-state index contributed by atoms with van der Waals surface area (Å²) in [4.78, 5) is 38.8. The minimum absolute atomic E-state index is 0.0167. The molecule has 0 aliphatic carbocycles. The largest absolute Gasteiger partial charge is 0.453 e. The number of Topliss-reactive ketones (excluding diaryl/α,β-unsaturated/α-hetero) is 1. The fourth-order valence-corrected chi connectivity index (χ4v) is 3.72. The highest BCUT2D eigenvalue weighted by Gasteiger charge is 2.27. The van der Waals surface area contributed by atoms with Gasteiger partial charge in [0.05, 0.1) is 11.3 Å². The summed E-state index contributed by atoms with van der Waals surface area (Å²) in [5.41, 5.74) is 2.39. The quantitative estimate of drug-likeness (QED) is 0.578. The van der Waals surface area contributed by atoms with Crippen molar-refractivity contribution < 1.29 is 19.1 Å². The lowest BCUT2D eigenvalue weighted by Gasteiger charge is -2.30. The second-order valence-corrected chi connectivity index (χ2v) is 7.26. The zero-order chi connectivity index (χ0) is 18.5. The van der Waals surface area contributed by atoms with Gasteiger partial charge in [-0.2, -0.15) is 0 Å². The summed E-state index contributed by atoms with van der Waals surface area (Å²) < 4.78 is 5.24. The highest BCUT2D eigenvalue weighted by Crippen LogP contribution is 2.19. The van der Waals surface area contributed by atoms with Gasteiger partial charge < -0.3 is 9.64 Å². The summed E-state index contributed by atoms with van der Waals surface area (Å²) >= 11 is 1.35. The van der Waals surface area contributed by atoms with E-state index in [1.807, 2.05) is 23.6 Å². The Morgan fingerprint density at radius 3 is 2.62 bits per heavy atom. The Morgan fingerprint density at radius 1 is 1.12 bits per heavy atom. The summed E-state index contributed by atoms with van der Waals surface area (Å²) in [6.45, 7) is 2.74. The monoisotopic (exact) mass is 371 g/mol. The molecule has 1 aliphatic heterocycles. The van der Waals surface area contributed by atoms with Gasteiger partial charge >= 0.3 is 5.97 Å². The zero-order valence-electron chi connectivity index (χ0n) is 14.6. The highest BCUT2D eigenvalue weighted by molar-refractivity contribution is 7.12. The van der Waals surface area contributed by atoms with E-state index in [0.29, 0.717) is 18.0 Å². The molecule has 6 heteroatoms. The van der Waals surface area contributed by atoms with Crippen LogP contribution >= 0.6 is 11.3 Å². The molecule has 1 amide bonds. The average molecular weight is 371 g/mol. The third-order valence-corrected chi connectivity index (χ3v) is 5.36. The number of ether oxygens (including phenoxy) is 1. The first-order valence-electron chi connectivity index (χ1n) is 8.66. The fraction of sp³-hybridized carbons (Fsp3) is 0.350. The van der Waals surface area contributed by atoms with Crippen molar-refractivity contribution in [1.82, 2.24) is 4.90 Å². The lowest BCUT2D eigenvalue weighted by Crippen LogP contribution is -2.42. The molecule has 3 rings (SSSR count). The summed E-state index contributed by atoms with van der Waals surface area (Å²) in [6.07, 6.45) is 0.0384. The SMILES string of the molecule is C[C@H](OC(=O)CCC(=O)c1cccs1)C(=O)N1CCc2ccccc2C1. The molecule has 1 aromatic heterocycles. The van der Waals surface area contributed by atoms with E-state index >= 15 is 0 Å². The van der Waals surface area contributed by atoms with Crippen LogP contribution in [-0.4, -0.2) is 35.2 Å². The van der Waals surface area contributed by atoms with E-state index in [1.54, 1.807) is 24.0 Å². The number of hydrogen-bond acceptors (Lipinski definition) is 5. The van der Waals surface area contributed by atoms with Gasteiger partial charge in [0.2, 0.25) is 0 Å². The predicted octanol–water partition coefficient (Wildman–Crippen LogP) is 3.23. The minimum atomic E-state index is -0.843. The Morgan fingerprint density at radius 2 is 1.88 bits per heavy atom. The van der Waals surface area contributed by atoms with Crippen LogP contribution in [0, 0.1) is 0 Å². The standard InChI is InChI=1S/C20H21NO4S/c1-14(25-19(23)9-8-17(22)18-7-4-12-26-18)20(24)21-11-10-15-5-2-3-6-16(15)13-21/h2-7,12,14H,8-11,13H2,1H3/t14-/m0/s1. The zero-order valence-corrected chi connectivity index (χ0v) is 15.5. The molecule has 0 fully saturated rings. The molecule has 1 aromatic carbocycles. The number of benzene rings is 1. The topological polar surface area (TPSA) is 63.7 Å². The number of hydrogen-bond donors (Lipinski definition) is 0. The van der Waals surface area contributed by atoms with Crippen LogP contribution in [0.1, 0.15) is 40.6 Å². The fourth-order valence-electron chi connectivity index (χ4n) is 3.02. The Balaban J connectivity index is 1.48. The summed E-state index contributed by atoms with van der Waals surface area (Å²) in [7, 11) is 0. The minimum Gasteiger partial charge on any atom is -0.453 e. The van der Waals surface area contributed by atoms with Crippen molar-refractivity contribution in [3.05, 3.63) is 57.8 Å². The van der Waals surface area contributed by atoms with Crippen LogP contribution in [0.5, 0.6) is 0 Å². The van der Waals surface area contributed by atoms with Gasteiger partial charge in [0.25, 0.3) is 5.91 Å². The number of nitrogens with zero attached hydrogens (tertiary/aromatic N) is 1. The number of fused-ring (bicyclic) bond motifs is 1. The number of carbonyl (C=O) groups excluding carboxylic acids is 3. The van der Waals surface area contributed by atoms with Gasteiger partial charge in [0.15, 0.2) is 11.9 Å². The predicted molar refractivity (Wildman–Crippen MR) is 99.0 cm³/mol. The van der Waals surface area contributed by atoms with Gasteiger partial charge in [-0.1, -0.05) is 30.3 Å². The molecule has 5 nitrogen and oxygen atoms in total. The number of carbonyl (C=O) groups is 3. The van der Waals surface area contributed by atoms with E-state index in [2.05, 4.69) is 6.07 Å². The van der Waals surface area contributed by atoms with E-state index in [9.17, 15) is 14.4 Å². The van der Waals surface area contributed by atoms with E-state index in [4.69, 9.17) is 4.74 Å². The molecule has 1 aliphatic rings. The van der Waals surface area contributed by atoms with Crippen molar-refractivity contribution in [2.75, 3.05) is 6.54 Å². The maximum atomic E-state index is 12.6.